The zero-order chi connectivity index (χ0) is 9.80. The second kappa shape index (κ2) is 5.88. The van der Waals surface area contributed by atoms with Gasteiger partial charge < -0.3 is 10.6 Å². The number of rotatable bonds is 2. The molecule has 0 bridgehead atoms. The van der Waals surface area contributed by atoms with Crippen LogP contribution in [-0.2, 0) is 0 Å². The topological polar surface area (TPSA) is 49.8 Å². The first kappa shape index (κ1) is 12.2. The number of nitrogens with zero attached hydrogens (tertiary/aromatic N) is 2. The summed E-state index contributed by atoms with van der Waals surface area (Å²) in [5, 5.41) is 6.69. The SMILES string of the molecule is Cc1ccnc(NC2CCNCC2)n1.Cl. The molecule has 0 amide bonds. The van der Waals surface area contributed by atoms with Gasteiger partial charge >= 0.3 is 0 Å². The molecule has 4 nitrogen and oxygen atoms in total. The van der Waals surface area contributed by atoms with Crippen LogP contribution in [0.15, 0.2) is 12.3 Å². The normalized spacial score (nSPS) is 16.9. The number of hydrogen-bond donors (Lipinski definition) is 2. The van der Waals surface area contributed by atoms with Gasteiger partial charge in [-0.1, -0.05) is 0 Å². The van der Waals surface area contributed by atoms with E-state index in [1.54, 1.807) is 6.20 Å². The zero-order valence-electron chi connectivity index (χ0n) is 8.86. The molecule has 1 fully saturated rings. The highest BCUT2D eigenvalue weighted by Gasteiger charge is 2.13. The Hall–Kier alpha value is -0.870. The van der Waals surface area contributed by atoms with Crippen molar-refractivity contribution in [3.63, 3.8) is 0 Å². The molecule has 15 heavy (non-hydrogen) atoms. The molecular weight excluding hydrogens is 212 g/mol. The van der Waals surface area contributed by atoms with Crippen molar-refractivity contribution >= 4 is 18.4 Å². The predicted octanol–water partition coefficient (Wildman–Crippen LogP) is 1.37. The highest BCUT2D eigenvalue weighted by Crippen LogP contribution is 2.08. The molecule has 2 N–H and O–H groups in total. The Bertz CT molecular complexity index is 299. The van der Waals surface area contributed by atoms with Gasteiger partial charge in [-0.2, -0.15) is 0 Å². The van der Waals surface area contributed by atoms with Crippen molar-refractivity contribution in [2.45, 2.75) is 25.8 Å². The molecule has 0 aromatic carbocycles. The second-order valence-electron chi connectivity index (χ2n) is 3.69. The van der Waals surface area contributed by atoms with Crippen molar-refractivity contribution in [2.75, 3.05) is 18.4 Å². The summed E-state index contributed by atoms with van der Waals surface area (Å²) in [7, 11) is 0. The first-order valence-electron chi connectivity index (χ1n) is 5.11. The lowest BCUT2D eigenvalue weighted by atomic mass is 10.1. The third-order valence-corrected chi connectivity index (χ3v) is 2.47. The quantitative estimate of drug-likeness (QED) is 0.803. The number of aryl methyl sites for hydroxylation is 1. The maximum atomic E-state index is 4.32. The number of aromatic nitrogens is 2. The molecule has 0 saturated carbocycles. The molecule has 1 aromatic heterocycles. The van der Waals surface area contributed by atoms with Gasteiger partial charge in [-0.05, 0) is 38.9 Å². The van der Waals surface area contributed by atoms with Crippen molar-refractivity contribution in [2.24, 2.45) is 0 Å². The summed E-state index contributed by atoms with van der Waals surface area (Å²) in [5.41, 5.74) is 1.01. The van der Waals surface area contributed by atoms with Crippen molar-refractivity contribution in [1.29, 1.82) is 0 Å². The van der Waals surface area contributed by atoms with E-state index < -0.39 is 0 Å². The molecule has 1 saturated heterocycles. The lowest BCUT2D eigenvalue weighted by molar-refractivity contribution is 0.477. The van der Waals surface area contributed by atoms with Crippen LogP contribution >= 0.6 is 12.4 Å². The van der Waals surface area contributed by atoms with Gasteiger partial charge in [0.25, 0.3) is 0 Å². The van der Waals surface area contributed by atoms with E-state index in [1.807, 2.05) is 13.0 Å². The Kier molecular flexibility index (Phi) is 4.78. The number of anilines is 1. The second-order valence-corrected chi connectivity index (χ2v) is 3.69. The van der Waals surface area contributed by atoms with E-state index in [4.69, 9.17) is 0 Å². The maximum absolute atomic E-state index is 4.32. The summed E-state index contributed by atoms with van der Waals surface area (Å²) in [4.78, 5) is 8.52. The number of nitrogens with one attached hydrogen (secondary N) is 2. The first-order valence-corrected chi connectivity index (χ1v) is 5.11. The Balaban J connectivity index is 0.00000112. The summed E-state index contributed by atoms with van der Waals surface area (Å²) in [5.74, 6) is 0.761. The van der Waals surface area contributed by atoms with Gasteiger partial charge in [0.15, 0.2) is 0 Å². The van der Waals surface area contributed by atoms with Crippen LogP contribution < -0.4 is 10.6 Å². The fourth-order valence-corrected chi connectivity index (χ4v) is 1.67. The van der Waals surface area contributed by atoms with E-state index in [0.29, 0.717) is 6.04 Å². The van der Waals surface area contributed by atoms with Crippen LogP contribution in [0.5, 0.6) is 0 Å². The highest BCUT2D eigenvalue weighted by atomic mass is 35.5. The van der Waals surface area contributed by atoms with Crippen LogP contribution in [-0.4, -0.2) is 29.1 Å². The van der Waals surface area contributed by atoms with Gasteiger partial charge in [-0.15, -0.1) is 12.4 Å². The third kappa shape index (κ3) is 3.64. The molecule has 1 aliphatic heterocycles. The molecule has 1 aromatic rings. The van der Waals surface area contributed by atoms with Crippen molar-refractivity contribution < 1.29 is 0 Å². The highest BCUT2D eigenvalue weighted by molar-refractivity contribution is 5.85. The summed E-state index contributed by atoms with van der Waals surface area (Å²) < 4.78 is 0. The lowest BCUT2D eigenvalue weighted by Gasteiger charge is -2.23. The molecule has 0 atom stereocenters. The zero-order valence-corrected chi connectivity index (χ0v) is 9.68. The molecule has 0 spiro atoms. The van der Waals surface area contributed by atoms with Gasteiger partial charge in [0, 0.05) is 17.9 Å². The minimum Gasteiger partial charge on any atom is -0.351 e. The minimum atomic E-state index is 0. The van der Waals surface area contributed by atoms with Crippen molar-refractivity contribution in [3.05, 3.63) is 18.0 Å². The largest absolute Gasteiger partial charge is 0.351 e. The van der Waals surface area contributed by atoms with E-state index in [0.717, 1.165) is 37.6 Å². The molecule has 0 unspecified atom stereocenters. The van der Waals surface area contributed by atoms with Crippen molar-refractivity contribution in [1.82, 2.24) is 15.3 Å². The fourth-order valence-electron chi connectivity index (χ4n) is 1.67. The van der Waals surface area contributed by atoms with E-state index in [2.05, 4.69) is 20.6 Å². The van der Waals surface area contributed by atoms with E-state index in [9.17, 15) is 0 Å². The number of piperidine rings is 1. The van der Waals surface area contributed by atoms with Crippen LogP contribution in [0.2, 0.25) is 0 Å². The lowest BCUT2D eigenvalue weighted by Crippen LogP contribution is -2.35. The Morgan fingerprint density at radius 3 is 2.80 bits per heavy atom. The molecule has 2 rings (SSSR count). The number of halogens is 1. The molecule has 2 heterocycles. The molecule has 84 valence electrons. The van der Waals surface area contributed by atoms with Gasteiger partial charge in [0.05, 0.1) is 0 Å². The monoisotopic (exact) mass is 228 g/mol. The van der Waals surface area contributed by atoms with Gasteiger partial charge in [-0.3, -0.25) is 0 Å². The first-order chi connectivity index (χ1) is 6.84. The summed E-state index contributed by atoms with van der Waals surface area (Å²) in [6, 6.07) is 2.44. The molecule has 5 heteroatoms. The van der Waals surface area contributed by atoms with Gasteiger partial charge in [0.1, 0.15) is 0 Å². The Morgan fingerprint density at radius 2 is 2.13 bits per heavy atom. The summed E-state index contributed by atoms with van der Waals surface area (Å²) in [6.45, 7) is 4.16. The Labute approximate surface area is 96.3 Å². The van der Waals surface area contributed by atoms with Gasteiger partial charge in [0.2, 0.25) is 5.95 Å². The standard InChI is InChI=1S/C10H16N4.ClH/c1-8-2-7-12-10(13-8)14-9-3-5-11-6-4-9;/h2,7,9,11H,3-6H2,1H3,(H,12,13,14);1H. The third-order valence-electron chi connectivity index (χ3n) is 2.47. The average molecular weight is 229 g/mol. The maximum Gasteiger partial charge on any atom is 0.223 e. The van der Waals surface area contributed by atoms with E-state index >= 15 is 0 Å². The molecular formula is C10H17ClN4. The van der Waals surface area contributed by atoms with Crippen LogP contribution in [0, 0.1) is 6.92 Å². The van der Waals surface area contributed by atoms with Crippen molar-refractivity contribution in [3.8, 4) is 0 Å². The van der Waals surface area contributed by atoms with Crippen LogP contribution in [0.3, 0.4) is 0 Å². The van der Waals surface area contributed by atoms with E-state index in [-0.39, 0.29) is 12.4 Å². The fraction of sp³-hybridized carbons (Fsp3) is 0.600. The average Bonchev–Trinajstić information content (AvgIpc) is 2.19. The summed E-state index contributed by atoms with van der Waals surface area (Å²) in [6.07, 6.45) is 4.10. The van der Waals surface area contributed by atoms with E-state index in [1.165, 1.54) is 0 Å². The molecule has 0 radical (unpaired) electrons. The minimum absolute atomic E-state index is 0. The molecule has 1 aliphatic rings. The molecule has 0 aliphatic carbocycles. The van der Waals surface area contributed by atoms with Crippen LogP contribution in [0.1, 0.15) is 18.5 Å². The number of hydrogen-bond acceptors (Lipinski definition) is 4. The smallest absolute Gasteiger partial charge is 0.223 e. The van der Waals surface area contributed by atoms with Gasteiger partial charge in [-0.25, -0.2) is 9.97 Å². The van der Waals surface area contributed by atoms with Crippen LogP contribution in [0.4, 0.5) is 5.95 Å². The predicted molar refractivity (Wildman–Crippen MR) is 63.5 cm³/mol. The Morgan fingerprint density at radius 1 is 1.40 bits per heavy atom. The van der Waals surface area contributed by atoms with Crippen LogP contribution in [0.25, 0.3) is 0 Å². The summed E-state index contributed by atoms with van der Waals surface area (Å²) >= 11 is 0.